The molecule has 1 aliphatic rings. The van der Waals surface area contributed by atoms with Crippen molar-refractivity contribution in [3.8, 4) is 0 Å². The van der Waals surface area contributed by atoms with E-state index in [1.165, 1.54) is 4.31 Å². The molecule has 22 heavy (non-hydrogen) atoms. The van der Waals surface area contributed by atoms with Crippen LogP contribution in [-0.2, 0) is 23.5 Å². The van der Waals surface area contributed by atoms with Gasteiger partial charge in [0, 0.05) is 26.6 Å². The fourth-order valence-electron chi connectivity index (χ4n) is 2.90. The van der Waals surface area contributed by atoms with Crippen LogP contribution in [0.25, 0.3) is 0 Å². The van der Waals surface area contributed by atoms with Crippen LogP contribution in [0.4, 0.5) is 0 Å². The summed E-state index contributed by atoms with van der Waals surface area (Å²) in [5.74, 6) is 1.47. The topological polar surface area (TPSA) is 94.1 Å². The number of hydrogen-bond acceptors (Lipinski definition) is 6. The molecule has 0 radical (unpaired) electrons. The molecule has 1 atom stereocenters. The maximum atomic E-state index is 12.7. The van der Waals surface area contributed by atoms with Crippen LogP contribution in [0.3, 0.4) is 0 Å². The minimum atomic E-state index is -3.54. The summed E-state index contributed by atoms with van der Waals surface area (Å²) < 4.78 is 33.9. The van der Waals surface area contributed by atoms with Gasteiger partial charge in [-0.1, -0.05) is 5.16 Å². The zero-order valence-corrected chi connectivity index (χ0v) is 13.7. The van der Waals surface area contributed by atoms with E-state index in [2.05, 4.69) is 15.4 Å². The Morgan fingerprint density at radius 1 is 1.41 bits per heavy atom. The van der Waals surface area contributed by atoms with Crippen molar-refractivity contribution >= 4 is 10.0 Å². The summed E-state index contributed by atoms with van der Waals surface area (Å²) in [5.41, 5.74) is 0.411. The molecule has 1 saturated heterocycles. The van der Waals surface area contributed by atoms with Crippen LogP contribution in [0.5, 0.6) is 0 Å². The van der Waals surface area contributed by atoms with Gasteiger partial charge in [0.25, 0.3) is 0 Å². The molecule has 9 heteroatoms. The lowest BCUT2D eigenvalue weighted by molar-refractivity contribution is 0.389. The molecule has 0 saturated carbocycles. The first-order chi connectivity index (χ1) is 10.4. The lowest BCUT2D eigenvalue weighted by Gasteiger charge is -2.16. The van der Waals surface area contributed by atoms with Crippen LogP contribution in [0.2, 0.25) is 0 Å². The largest absolute Gasteiger partial charge is 0.360 e. The first-order valence-corrected chi connectivity index (χ1v) is 8.59. The molecule has 2 aromatic heterocycles. The normalized spacial score (nSPS) is 19.9. The minimum absolute atomic E-state index is 0.201. The lowest BCUT2D eigenvalue weighted by Crippen LogP contribution is -2.30. The number of rotatable bonds is 4. The molecule has 8 nitrogen and oxygen atoms in total. The fourth-order valence-corrected chi connectivity index (χ4v) is 4.73. The van der Waals surface area contributed by atoms with Gasteiger partial charge in [-0.15, -0.1) is 10.2 Å². The second-order valence-corrected chi connectivity index (χ2v) is 7.61. The Hall–Kier alpha value is -1.74. The molecule has 1 fully saturated rings. The van der Waals surface area contributed by atoms with E-state index in [1.807, 2.05) is 11.6 Å². The molecule has 0 aromatic carbocycles. The van der Waals surface area contributed by atoms with Crippen LogP contribution in [0.15, 0.2) is 15.7 Å². The summed E-state index contributed by atoms with van der Waals surface area (Å²) in [6, 6.07) is 0. The van der Waals surface area contributed by atoms with E-state index in [9.17, 15) is 8.42 Å². The van der Waals surface area contributed by atoms with Gasteiger partial charge in [0.1, 0.15) is 22.7 Å². The number of aryl methyl sites for hydroxylation is 3. The third-order valence-corrected chi connectivity index (χ3v) is 6.20. The molecule has 0 bridgehead atoms. The molecule has 1 unspecified atom stereocenters. The van der Waals surface area contributed by atoms with E-state index < -0.39 is 10.0 Å². The predicted molar refractivity (Wildman–Crippen MR) is 77.5 cm³/mol. The van der Waals surface area contributed by atoms with Gasteiger partial charge in [0.15, 0.2) is 5.76 Å². The molecule has 2 aromatic rings. The standard InChI is InChI=1S/C13H19N5O3S/c1-9-13(10(2)21-16-9)22(19,20)18-5-4-11(7-18)6-12-15-14-8-17(12)3/h8,11H,4-7H2,1-3H3. The second-order valence-electron chi connectivity index (χ2n) is 5.73. The highest BCUT2D eigenvalue weighted by Gasteiger charge is 2.36. The van der Waals surface area contributed by atoms with Gasteiger partial charge < -0.3 is 9.09 Å². The quantitative estimate of drug-likeness (QED) is 0.820. The average Bonchev–Trinajstić information content (AvgIpc) is 3.14. The van der Waals surface area contributed by atoms with Crippen LogP contribution >= 0.6 is 0 Å². The van der Waals surface area contributed by atoms with Crippen molar-refractivity contribution in [2.24, 2.45) is 13.0 Å². The summed E-state index contributed by atoms with van der Waals surface area (Å²) >= 11 is 0. The summed E-state index contributed by atoms with van der Waals surface area (Å²) in [4.78, 5) is 0.201. The van der Waals surface area contributed by atoms with Gasteiger partial charge >= 0.3 is 0 Å². The molecule has 0 N–H and O–H groups in total. The first kappa shape index (κ1) is 15.2. The van der Waals surface area contributed by atoms with Crippen LogP contribution in [-0.4, -0.2) is 45.7 Å². The van der Waals surface area contributed by atoms with E-state index in [0.717, 1.165) is 18.7 Å². The highest BCUT2D eigenvalue weighted by atomic mass is 32.2. The summed E-state index contributed by atoms with van der Waals surface area (Å²) in [5, 5.41) is 11.7. The lowest BCUT2D eigenvalue weighted by atomic mass is 10.1. The summed E-state index contributed by atoms with van der Waals surface area (Å²) in [6.07, 6.45) is 3.20. The molecule has 0 aliphatic carbocycles. The maximum absolute atomic E-state index is 12.7. The Morgan fingerprint density at radius 2 is 2.18 bits per heavy atom. The number of sulfonamides is 1. The van der Waals surface area contributed by atoms with E-state index >= 15 is 0 Å². The smallest absolute Gasteiger partial charge is 0.248 e. The van der Waals surface area contributed by atoms with E-state index in [4.69, 9.17) is 4.52 Å². The van der Waals surface area contributed by atoms with E-state index in [-0.39, 0.29) is 10.8 Å². The van der Waals surface area contributed by atoms with Crippen molar-refractivity contribution in [3.63, 3.8) is 0 Å². The Labute approximate surface area is 129 Å². The third-order valence-electron chi connectivity index (χ3n) is 4.09. The molecule has 120 valence electrons. The highest BCUT2D eigenvalue weighted by Crippen LogP contribution is 2.29. The van der Waals surface area contributed by atoms with Gasteiger partial charge in [0.05, 0.1) is 0 Å². The Balaban J connectivity index is 1.76. The average molecular weight is 325 g/mol. The Kier molecular flexibility index (Phi) is 3.77. The van der Waals surface area contributed by atoms with Crippen molar-refractivity contribution in [3.05, 3.63) is 23.6 Å². The number of hydrogen-bond donors (Lipinski definition) is 0. The Bertz CT molecular complexity index is 760. The Morgan fingerprint density at radius 3 is 2.77 bits per heavy atom. The minimum Gasteiger partial charge on any atom is -0.360 e. The van der Waals surface area contributed by atoms with Crippen molar-refractivity contribution in [1.29, 1.82) is 0 Å². The van der Waals surface area contributed by atoms with Gasteiger partial charge in [-0.2, -0.15) is 4.31 Å². The second kappa shape index (κ2) is 5.47. The van der Waals surface area contributed by atoms with E-state index in [1.54, 1.807) is 20.2 Å². The molecular weight excluding hydrogens is 306 g/mol. The molecule has 3 heterocycles. The zero-order chi connectivity index (χ0) is 15.9. The molecule has 3 rings (SSSR count). The van der Waals surface area contributed by atoms with Gasteiger partial charge in [0.2, 0.25) is 10.0 Å². The molecular formula is C13H19N5O3S. The molecule has 0 amide bonds. The fraction of sp³-hybridized carbons (Fsp3) is 0.615. The van der Waals surface area contributed by atoms with Crippen molar-refractivity contribution < 1.29 is 12.9 Å². The molecule has 1 aliphatic heterocycles. The summed E-state index contributed by atoms with van der Waals surface area (Å²) in [6.45, 7) is 4.27. The van der Waals surface area contributed by atoms with Crippen LogP contribution in [0.1, 0.15) is 23.7 Å². The van der Waals surface area contributed by atoms with Crippen LogP contribution in [0, 0.1) is 19.8 Å². The number of nitrogens with zero attached hydrogens (tertiary/aromatic N) is 5. The maximum Gasteiger partial charge on any atom is 0.248 e. The predicted octanol–water partition coefficient (Wildman–Crippen LogP) is 0.673. The SMILES string of the molecule is Cc1noc(C)c1S(=O)(=O)N1CCC(Cc2nncn2C)C1. The van der Waals surface area contributed by atoms with Crippen molar-refractivity contribution in [1.82, 2.24) is 24.2 Å². The van der Waals surface area contributed by atoms with Gasteiger partial charge in [-0.3, -0.25) is 0 Å². The van der Waals surface area contributed by atoms with Gasteiger partial charge in [-0.05, 0) is 26.2 Å². The third kappa shape index (κ3) is 2.54. The van der Waals surface area contributed by atoms with E-state index in [0.29, 0.717) is 24.5 Å². The summed E-state index contributed by atoms with van der Waals surface area (Å²) in [7, 11) is -1.65. The van der Waals surface area contributed by atoms with Gasteiger partial charge in [-0.25, -0.2) is 8.42 Å². The molecule has 0 spiro atoms. The van der Waals surface area contributed by atoms with Crippen molar-refractivity contribution in [2.45, 2.75) is 31.6 Å². The zero-order valence-electron chi connectivity index (χ0n) is 12.9. The first-order valence-electron chi connectivity index (χ1n) is 7.15. The number of aromatic nitrogens is 4. The highest BCUT2D eigenvalue weighted by molar-refractivity contribution is 7.89. The van der Waals surface area contributed by atoms with Crippen molar-refractivity contribution in [2.75, 3.05) is 13.1 Å². The monoisotopic (exact) mass is 325 g/mol. The van der Waals surface area contributed by atoms with Crippen LogP contribution < -0.4 is 0 Å².